The first-order valence-corrected chi connectivity index (χ1v) is 4.11. The van der Waals surface area contributed by atoms with E-state index in [2.05, 4.69) is 0 Å². The second kappa shape index (κ2) is 4.54. The van der Waals surface area contributed by atoms with Crippen LogP contribution < -0.4 is 11.2 Å². The number of hydrogen-bond acceptors (Lipinski definition) is 5. The van der Waals surface area contributed by atoms with Gasteiger partial charge in [-0.05, 0) is 0 Å². The lowest BCUT2D eigenvalue weighted by Gasteiger charge is -2.08. The van der Waals surface area contributed by atoms with Gasteiger partial charge in [-0.3, -0.25) is 14.3 Å². The molecule has 0 aliphatic rings. The monoisotopic (exact) mass is 211 g/mol. The normalized spacial score (nSPS) is 12.1. The Morgan fingerprint density at radius 1 is 1.60 bits per heavy atom. The molecule has 1 unspecified atom stereocenters. The van der Waals surface area contributed by atoms with Gasteiger partial charge in [-0.2, -0.15) is 5.26 Å². The summed E-state index contributed by atoms with van der Waals surface area (Å²) < 4.78 is 0.959. The van der Waals surface area contributed by atoms with Crippen LogP contribution in [-0.2, 0) is 6.54 Å². The van der Waals surface area contributed by atoms with Crippen LogP contribution in [0.4, 0.5) is 0 Å². The van der Waals surface area contributed by atoms with Crippen LogP contribution in [0, 0.1) is 11.3 Å². The van der Waals surface area contributed by atoms with E-state index in [1.807, 2.05) is 4.98 Å². The summed E-state index contributed by atoms with van der Waals surface area (Å²) in [6.07, 6.45) is -0.0693. The van der Waals surface area contributed by atoms with E-state index in [1.165, 1.54) is 0 Å². The van der Waals surface area contributed by atoms with Crippen LogP contribution in [0.25, 0.3) is 0 Å². The number of aliphatic hydroxyl groups excluding tert-OH is 2. The van der Waals surface area contributed by atoms with Gasteiger partial charge in [0.2, 0.25) is 0 Å². The van der Waals surface area contributed by atoms with Crippen LogP contribution in [0.3, 0.4) is 0 Å². The Morgan fingerprint density at radius 2 is 2.27 bits per heavy atom. The quantitative estimate of drug-likeness (QED) is 0.522. The predicted octanol–water partition coefficient (Wildman–Crippen LogP) is -2.24. The topological polar surface area (TPSA) is 119 Å². The summed E-state index contributed by atoms with van der Waals surface area (Å²) in [5.41, 5.74) is -1.72. The highest BCUT2D eigenvalue weighted by atomic mass is 16.3. The maximum absolute atomic E-state index is 11.2. The zero-order valence-electron chi connectivity index (χ0n) is 7.67. The summed E-state index contributed by atoms with van der Waals surface area (Å²) in [6, 6.07) is 1.61. The van der Waals surface area contributed by atoms with Gasteiger partial charge in [-0.15, -0.1) is 0 Å². The van der Waals surface area contributed by atoms with E-state index in [0.29, 0.717) is 0 Å². The maximum atomic E-state index is 11.2. The Balaban J connectivity index is 3.15. The Morgan fingerprint density at radius 3 is 2.80 bits per heavy atom. The van der Waals surface area contributed by atoms with Crippen LogP contribution >= 0.6 is 0 Å². The Bertz CT molecular complexity index is 496. The molecule has 0 bridgehead atoms. The lowest BCUT2D eigenvalue weighted by atomic mass is 10.3. The van der Waals surface area contributed by atoms with Gasteiger partial charge in [0.1, 0.15) is 11.6 Å². The lowest BCUT2D eigenvalue weighted by Crippen LogP contribution is -2.34. The minimum atomic E-state index is -1.11. The largest absolute Gasteiger partial charge is 0.394 e. The minimum absolute atomic E-state index is 0.180. The van der Waals surface area contributed by atoms with Gasteiger partial charge in [0.25, 0.3) is 5.56 Å². The van der Waals surface area contributed by atoms with Gasteiger partial charge in [0.15, 0.2) is 0 Å². The summed E-state index contributed by atoms with van der Waals surface area (Å²) >= 11 is 0. The van der Waals surface area contributed by atoms with Crippen LogP contribution in [-0.4, -0.2) is 32.5 Å². The Labute approximate surface area is 83.8 Å². The number of aromatic amines is 1. The van der Waals surface area contributed by atoms with Crippen LogP contribution in [0.1, 0.15) is 5.56 Å². The molecule has 0 aliphatic heterocycles. The molecule has 0 aromatic carbocycles. The highest BCUT2D eigenvalue weighted by Crippen LogP contribution is 1.89. The highest BCUT2D eigenvalue weighted by molar-refractivity contribution is 5.21. The fourth-order valence-corrected chi connectivity index (χ4v) is 1.01. The third-order valence-electron chi connectivity index (χ3n) is 1.75. The molecule has 0 saturated carbocycles. The third-order valence-corrected chi connectivity index (χ3v) is 1.75. The molecule has 1 heterocycles. The van der Waals surface area contributed by atoms with E-state index in [9.17, 15) is 9.59 Å². The fraction of sp³-hybridized carbons (Fsp3) is 0.375. The van der Waals surface area contributed by atoms with Gasteiger partial charge in [0.05, 0.1) is 19.3 Å². The molecule has 0 fully saturated rings. The zero-order valence-corrected chi connectivity index (χ0v) is 7.67. The van der Waals surface area contributed by atoms with Crippen molar-refractivity contribution in [1.82, 2.24) is 9.55 Å². The van der Waals surface area contributed by atoms with Crippen molar-refractivity contribution < 1.29 is 10.2 Å². The second-order valence-electron chi connectivity index (χ2n) is 2.90. The van der Waals surface area contributed by atoms with Crippen molar-refractivity contribution in [1.29, 1.82) is 5.26 Å². The van der Waals surface area contributed by atoms with E-state index in [4.69, 9.17) is 15.5 Å². The summed E-state index contributed by atoms with van der Waals surface area (Å²) in [5, 5.41) is 26.2. The number of aliphatic hydroxyl groups is 2. The smallest absolute Gasteiger partial charge is 0.328 e. The molecule has 7 heteroatoms. The molecule has 15 heavy (non-hydrogen) atoms. The van der Waals surface area contributed by atoms with Crippen LogP contribution in [0.5, 0.6) is 0 Å². The molecule has 3 N–H and O–H groups in total. The second-order valence-corrected chi connectivity index (χ2v) is 2.90. The van der Waals surface area contributed by atoms with Gasteiger partial charge < -0.3 is 10.2 Å². The first-order valence-electron chi connectivity index (χ1n) is 4.11. The van der Waals surface area contributed by atoms with Crippen molar-refractivity contribution in [3.8, 4) is 6.07 Å². The Hall–Kier alpha value is -1.91. The van der Waals surface area contributed by atoms with Crippen LogP contribution in [0.15, 0.2) is 15.8 Å². The SMILES string of the molecule is N#Cc1cn(CC(O)CO)c(=O)[nH]c1=O. The molecule has 0 spiro atoms. The van der Waals surface area contributed by atoms with Crippen molar-refractivity contribution in [3.63, 3.8) is 0 Å². The van der Waals surface area contributed by atoms with Gasteiger partial charge >= 0.3 is 5.69 Å². The van der Waals surface area contributed by atoms with Gasteiger partial charge in [0, 0.05) is 6.20 Å². The molecular formula is C8H9N3O4. The van der Waals surface area contributed by atoms with E-state index >= 15 is 0 Å². The van der Waals surface area contributed by atoms with Crippen molar-refractivity contribution in [2.45, 2.75) is 12.6 Å². The molecule has 1 aromatic rings. The zero-order chi connectivity index (χ0) is 11.4. The molecular weight excluding hydrogens is 202 g/mol. The number of rotatable bonds is 3. The summed E-state index contributed by atoms with van der Waals surface area (Å²) in [7, 11) is 0. The van der Waals surface area contributed by atoms with E-state index in [-0.39, 0.29) is 12.1 Å². The number of nitrogens with zero attached hydrogens (tertiary/aromatic N) is 2. The van der Waals surface area contributed by atoms with E-state index in [1.54, 1.807) is 6.07 Å². The summed E-state index contributed by atoms with van der Waals surface area (Å²) in [6.45, 7) is -0.686. The van der Waals surface area contributed by atoms with Crippen LogP contribution in [0.2, 0.25) is 0 Å². The van der Waals surface area contributed by atoms with E-state index < -0.39 is 24.0 Å². The van der Waals surface area contributed by atoms with Gasteiger partial charge in [-0.1, -0.05) is 0 Å². The number of nitriles is 1. The molecule has 7 nitrogen and oxygen atoms in total. The Kier molecular flexibility index (Phi) is 3.38. The first kappa shape index (κ1) is 11.2. The molecule has 80 valence electrons. The number of hydrogen-bond donors (Lipinski definition) is 3. The number of aromatic nitrogens is 2. The molecule has 0 amide bonds. The van der Waals surface area contributed by atoms with Crippen molar-refractivity contribution in [2.75, 3.05) is 6.61 Å². The standard InChI is InChI=1S/C8H9N3O4/c9-1-5-2-11(3-6(13)4-12)8(15)10-7(5)14/h2,6,12-13H,3-4H2,(H,10,14,15). The molecule has 1 aromatic heterocycles. The number of H-pyrrole nitrogens is 1. The highest BCUT2D eigenvalue weighted by Gasteiger charge is 2.07. The summed E-state index contributed by atoms with van der Waals surface area (Å²) in [4.78, 5) is 24.1. The van der Waals surface area contributed by atoms with Crippen molar-refractivity contribution >= 4 is 0 Å². The van der Waals surface area contributed by atoms with Gasteiger partial charge in [-0.25, -0.2) is 4.79 Å². The number of nitrogens with one attached hydrogen (secondary N) is 1. The molecule has 1 atom stereocenters. The minimum Gasteiger partial charge on any atom is -0.394 e. The lowest BCUT2D eigenvalue weighted by molar-refractivity contribution is 0.0800. The van der Waals surface area contributed by atoms with Crippen molar-refractivity contribution in [2.24, 2.45) is 0 Å². The van der Waals surface area contributed by atoms with Crippen molar-refractivity contribution in [3.05, 3.63) is 32.6 Å². The third kappa shape index (κ3) is 2.52. The van der Waals surface area contributed by atoms with E-state index in [0.717, 1.165) is 10.8 Å². The average Bonchev–Trinajstić information content (AvgIpc) is 2.21. The molecule has 1 rings (SSSR count). The molecule has 0 radical (unpaired) electrons. The maximum Gasteiger partial charge on any atom is 0.328 e. The summed E-state index contributed by atoms with van der Waals surface area (Å²) in [5.74, 6) is 0. The predicted molar refractivity (Wildman–Crippen MR) is 49.1 cm³/mol. The molecule has 0 aliphatic carbocycles. The molecule has 0 saturated heterocycles. The fourth-order valence-electron chi connectivity index (χ4n) is 1.01. The average molecular weight is 211 g/mol. The first-order chi connectivity index (χ1) is 7.08.